The average molecular weight is 340 g/mol. The van der Waals surface area contributed by atoms with Gasteiger partial charge in [0.25, 0.3) is 0 Å². The number of halogens is 2. The monoisotopic (exact) mass is 340 g/mol. The van der Waals surface area contributed by atoms with Gasteiger partial charge in [-0.2, -0.15) is 0 Å². The fourth-order valence-corrected chi connectivity index (χ4v) is 3.44. The maximum absolute atomic E-state index is 13.7. The minimum atomic E-state index is -0.825. The quantitative estimate of drug-likeness (QED) is 0.783. The summed E-state index contributed by atoms with van der Waals surface area (Å²) >= 11 is 1.36. The Morgan fingerprint density at radius 3 is 2.74 bits per heavy atom. The Morgan fingerprint density at radius 1 is 1.22 bits per heavy atom. The van der Waals surface area contributed by atoms with Gasteiger partial charge in [0.2, 0.25) is 5.95 Å². The van der Waals surface area contributed by atoms with E-state index < -0.39 is 11.6 Å². The number of aromatic nitrogens is 3. The zero-order chi connectivity index (χ0) is 16.2. The van der Waals surface area contributed by atoms with E-state index in [1.807, 2.05) is 11.5 Å². The molecule has 5 nitrogen and oxygen atoms in total. The van der Waals surface area contributed by atoms with Crippen LogP contribution in [0.4, 0.5) is 14.7 Å². The van der Waals surface area contributed by atoms with E-state index in [0.29, 0.717) is 36.2 Å². The molecule has 0 unspecified atom stereocenters. The highest BCUT2D eigenvalue weighted by Gasteiger charge is 2.20. The van der Waals surface area contributed by atoms with Gasteiger partial charge in [0.05, 0.1) is 13.2 Å². The molecule has 1 aromatic heterocycles. The molecule has 0 bridgehead atoms. The molecule has 124 valence electrons. The fraction of sp³-hybridized carbons (Fsp3) is 0.467. The van der Waals surface area contributed by atoms with Crippen LogP contribution in [0, 0.1) is 11.6 Å². The molecule has 1 aromatic carbocycles. The number of thioether (sulfide) groups is 1. The first kappa shape index (κ1) is 16.2. The highest BCUT2D eigenvalue weighted by Crippen LogP contribution is 2.27. The maximum Gasteiger partial charge on any atom is 0.228 e. The highest BCUT2D eigenvalue weighted by atomic mass is 32.2. The molecular weight excluding hydrogens is 322 g/mol. The van der Waals surface area contributed by atoms with E-state index in [1.54, 1.807) is 6.07 Å². The van der Waals surface area contributed by atoms with E-state index in [9.17, 15) is 8.78 Å². The van der Waals surface area contributed by atoms with Crippen LogP contribution in [0.5, 0.6) is 0 Å². The summed E-state index contributed by atoms with van der Waals surface area (Å²) in [4.78, 5) is 2.13. The van der Waals surface area contributed by atoms with Crippen LogP contribution in [0.25, 0.3) is 0 Å². The van der Waals surface area contributed by atoms with Crippen LogP contribution in [-0.2, 0) is 17.0 Å². The van der Waals surface area contributed by atoms with Crippen LogP contribution in [0.3, 0.4) is 0 Å². The lowest BCUT2D eigenvalue weighted by Gasteiger charge is -2.27. The first-order chi connectivity index (χ1) is 11.2. The molecule has 0 amide bonds. The third-order valence-corrected chi connectivity index (χ3v) is 4.71. The number of benzene rings is 1. The second-order valence-electron chi connectivity index (χ2n) is 5.13. The van der Waals surface area contributed by atoms with Gasteiger partial charge in [0, 0.05) is 31.0 Å². The van der Waals surface area contributed by atoms with Gasteiger partial charge in [-0.25, -0.2) is 8.78 Å². The molecule has 0 radical (unpaired) electrons. The van der Waals surface area contributed by atoms with Crippen LogP contribution < -0.4 is 4.90 Å². The Hall–Kier alpha value is -1.67. The standard InChI is InChI=1S/C15H18F2N4OS/c1-2-21-14(20-6-8-22-9-7-20)18-19-15(21)23-10-11-4-3-5-12(16)13(11)17/h3-5H,2,6-10H2,1H3. The van der Waals surface area contributed by atoms with Crippen molar-refractivity contribution < 1.29 is 13.5 Å². The summed E-state index contributed by atoms with van der Waals surface area (Å²) in [5.41, 5.74) is 0.327. The molecule has 0 saturated carbocycles. The first-order valence-corrected chi connectivity index (χ1v) is 8.51. The van der Waals surface area contributed by atoms with Gasteiger partial charge in [-0.3, -0.25) is 4.57 Å². The maximum atomic E-state index is 13.7. The largest absolute Gasteiger partial charge is 0.378 e. The molecule has 3 rings (SSSR count). The Balaban J connectivity index is 1.75. The molecule has 1 aliphatic heterocycles. The van der Waals surface area contributed by atoms with Gasteiger partial charge < -0.3 is 9.64 Å². The Bertz CT molecular complexity index is 673. The van der Waals surface area contributed by atoms with Crippen LogP contribution in [-0.4, -0.2) is 41.1 Å². The van der Waals surface area contributed by atoms with Crippen LogP contribution in [0.2, 0.25) is 0 Å². The second kappa shape index (κ2) is 7.27. The Morgan fingerprint density at radius 2 is 2.00 bits per heavy atom. The molecule has 0 aliphatic carbocycles. The summed E-state index contributed by atoms with van der Waals surface area (Å²) in [6, 6.07) is 4.22. The number of morpholine rings is 1. The molecule has 23 heavy (non-hydrogen) atoms. The first-order valence-electron chi connectivity index (χ1n) is 7.52. The molecule has 0 N–H and O–H groups in total. The molecule has 2 heterocycles. The van der Waals surface area contributed by atoms with Gasteiger partial charge in [0.1, 0.15) is 0 Å². The lowest BCUT2D eigenvalue weighted by atomic mass is 10.2. The van der Waals surface area contributed by atoms with Gasteiger partial charge in [0.15, 0.2) is 16.8 Å². The number of ether oxygens (including phenoxy) is 1. The second-order valence-corrected chi connectivity index (χ2v) is 6.07. The minimum Gasteiger partial charge on any atom is -0.378 e. The van der Waals surface area contributed by atoms with E-state index in [-0.39, 0.29) is 0 Å². The number of nitrogens with zero attached hydrogens (tertiary/aromatic N) is 4. The summed E-state index contributed by atoms with van der Waals surface area (Å²) in [6.45, 7) is 5.64. The molecular formula is C15H18F2N4OS. The van der Waals surface area contributed by atoms with E-state index in [1.165, 1.54) is 17.8 Å². The summed E-state index contributed by atoms with van der Waals surface area (Å²) in [5.74, 6) is -0.506. The number of rotatable bonds is 5. The lowest BCUT2D eigenvalue weighted by molar-refractivity contribution is 0.121. The SMILES string of the molecule is CCn1c(SCc2cccc(F)c2F)nnc1N1CCOCC1. The smallest absolute Gasteiger partial charge is 0.228 e. The predicted octanol–water partition coefficient (Wildman–Crippen LogP) is 2.71. The highest BCUT2D eigenvalue weighted by molar-refractivity contribution is 7.98. The normalized spacial score (nSPS) is 15.2. The summed E-state index contributed by atoms with van der Waals surface area (Å²) in [5, 5.41) is 9.17. The van der Waals surface area contributed by atoms with Crippen molar-refractivity contribution in [2.45, 2.75) is 24.4 Å². The van der Waals surface area contributed by atoms with Gasteiger partial charge in [-0.1, -0.05) is 23.9 Å². The fourth-order valence-electron chi connectivity index (χ4n) is 2.46. The molecule has 1 aliphatic rings. The van der Waals surface area contributed by atoms with Crippen molar-refractivity contribution in [2.75, 3.05) is 31.2 Å². The number of anilines is 1. The van der Waals surface area contributed by atoms with Gasteiger partial charge in [-0.15, -0.1) is 10.2 Å². The van der Waals surface area contributed by atoms with Crippen molar-refractivity contribution in [1.82, 2.24) is 14.8 Å². The molecule has 0 spiro atoms. The zero-order valence-corrected chi connectivity index (χ0v) is 13.7. The minimum absolute atomic E-state index is 0.310. The predicted molar refractivity (Wildman–Crippen MR) is 84.6 cm³/mol. The van der Waals surface area contributed by atoms with Crippen molar-refractivity contribution in [2.24, 2.45) is 0 Å². The van der Waals surface area contributed by atoms with Crippen molar-refractivity contribution in [3.05, 3.63) is 35.4 Å². The van der Waals surface area contributed by atoms with Crippen LogP contribution in [0.1, 0.15) is 12.5 Å². The topological polar surface area (TPSA) is 43.2 Å². The van der Waals surface area contributed by atoms with E-state index in [4.69, 9.17) is 4.74 Å². The third-order valence-electron chi connectivity index (χ3n) is 3.70. The average Bonchev–Trinajstić information content (AvgIpc) is 3.00. The van der Waals surface area contributed by atoms with E-state index >= 15 is 0 Å². The summed E-state index contributed by atoms with van der Waals surface area (Å²) in [7, 11) is 0. The van der Waals surface area contributed by atoms with Crippen LogP contribution in [0.15, 0.2) is 23.4 Å². The Labute approximate surface area is 137 Å². The summed E-state index contributed by atoms with van der Waals surface area (Å²) in [6.07, 6.45) is 0. The van der Waals surface area contributed by atoms with E-state index in [2.05, 4.69) is 15.1 Å². The molecule has 1 fully saturated rings. The lowest BCUT2D eigenvalue weighted by Crippen LogP contribution is -2.38. The van der Waals surface area contributed by atoms with Crippen molar-refractivity contribution >= 4 is 17.7 Å². The molecule has 1 saturated heterocycles. The van der Waals surface area contributed by atoms with Gasteiger partial charge in [-0.05, 0) is 13.0 Å². The molecule has 2 aromatic rings. The zero-order valence-electron chi connectivity index (χ0n) is 12.8. The van der Waals surface area contributed by atoms with Crippen molar-refractivity contribution in [3.63, 3.8) is 0 Å². The summed E-state index contributed by atoms with van der Waals surface area (Å²) < 4.78 is 34.3. The van der Waals surface area contributed by atoms with Crippen molar-refractivity contribution in [1.29, 1.82) is 0 Å². The Kier molecular flexibility index (Phi) is 5.12. The molecule has 0 atom stereocenters. The number of hydrogen-bond donors (Lipinski definition) is 0. The van der Waals surface area contributed by atoms with Crippen molar-refractivity contribution in [3.8, 4) is 0 Å². The van der Waals surface area contributed by atoms with Gasteiger partial charge >= 0.3 is 0 Å². The third kappa shape index (κ3) is 3.48. The number of hydrogen-bond acceptors (Lipinski definition) is 5. The van der Waals surface area contributed by atoms with Crippen LogP contribution >= 0.6 is 11.8 Å². The van der Waals surface area contributed by atoms with E-state index in [0.717, 1.165) is 25.1 Å². The molecule has 8 heteroatoms.